The summed E-state index contributed by atoms with van der Waals surface area (Å²) >= 11 is 1.63. The van der Waals surface area contributed by atoms with Crippen LogP contribution in [0.2, 0.25) is 0 Å². The number of carbonyl (C=O) groups is 1. The quantitative estimate of drug-likeness (QED) is 0.890. The van der Waals surface area contributed by atoms with Gasteiger partial charge in [-0.05, 0) is 31.7 Å². The molecule has 1 aromatic heterocycles. The van der Waals surface area contributed by atoms with Crippen molar-refractivity contribution < 1.29 is 9.53 Å². The van der Waals surface area contributed by atoms with Gasteiger partial charge in [-0.2, -0.15) is 0 Å². The van der Waals surface area contributed by atoms with Crippen molar-refractivity contribution in [1.29, 1.82) is 0 Å². The summed E-state index contributed by atoms with van der Waals surface area (Å²) < 4.78 is 5.31. The number of ether oxygens (including phenoxy) is 1. The van der Waals surface area contributed by atoms with Gasteiger partial charge in [-0.1, -0.05) is 18.2 Å². The summed E-state index contributed by atoms with van der Waals surface area (Å²) in [4.78, 5) is 17.0. The van der Waals surface area contributed by atoms with Crippen molar-refractivity contribution in [3.8, 4) is 5.75 Å². The largest absolute Gasteiger partial charge is 0.496 e. The maximum absolute atomic E-state index is 12.4. The molecule has 1 atom stereocenters. The summed E-state index contributed by atoms with van der Waals surface area (Å²) in [6.45, 7) is 1.99. The number of aromatic nitrogens is 1. The van der Waals surface area contributed by atoms with Crippen LogP contribution in [0.15, 0.2) is 29.6 Å². The van der Waals surface area contributed by atoms with Gasteiger partial charge < -0.3 is 10.1 Å². The van der Waals surface area contributed by atoms with Crippen molar-refractivity contribution >= 4 is 17.2 Å². The summed E-state index contributed by atoms with van der Waals surface area (Å²) in [5.41, 5.74) is 1.93. The van der Waals surface area contributed by atoms with Crippen LogP contribution in [0.3, 0.4) is 0 Å². The number of nitrogens with one attached hydrogen (secondary N) is 1. The molecule has 5 heteroatoms. The van der Waals surface area contributed by atoms with E-state index in [9.17, 15) is 4.79 Å². The Hall–Kier alpha value is -1.88. The number of benzene rings is 1. The van der Waals surface area contributed by atoms with E-state index >= 15 is 0 Å². The van der Waals surface area contributed by atoms with Crippen LogP contribution in [-0.2, 0) is 11.2 Å². The first-order chi connectivity index (χ1) is 10.7. The van der Waals surface area contributed by atoms with E-state index in [1.807, 2.05) is 36.6 Å². The lowest BCUT2D eigenvalue weighted by Crippen LogP contribution is -2.31. The zero-order chi connectivity index (χ0) is 15.5. The van der Waals surface area contributed by atoms with E-state index in [1.165, 1.54) is 0 Å². The minimum atomic E-state index is 0.0225. The predicted molar refractivity (Wildman–Crippen MR) is 87.2 cm³/mol. The van der Waals surface area contributed by atoms with Crippen LogP contribution in [0.1, 0.15) is 35.1 Å². The molecule has 22 heavy (non-hydrogen) atoms. The van der Waals surface area contributed by atoms with E-state index in [0.29, 0.717) is 12.3 Å². The third-order valence-electron chi connectivity index (χ3n) is 3.86. The van der Waals surface area contributed by atoms with Crippen LogP contribution in [-0.4, -0.2) is 18.0 Å². The molecule has 1 aromatic carbocycles. The number of carbonyl (C=O) groups excluding carboxylic acids is 1. The molecule has 2 aromatic rings. The Morgan fingerprint density at radius 2 is 2.23 bits per heavy atom. The molecule has 0 spiro atoms. The Morgan fingerprint density at radius 3 is 2.86 bits per heavy atom. The average molecular weight is 316 g/mol. The van der Waals surface area contributed by atoms with Crippen molar-refractivity contribution in [3.05, 3.63) is 45.9 Å². The van der Waals surface area contributed by atoms with E-state index in [1.54, 1.807) is 18.4 Å². The molecule has 1 saturated carbocycles. The van der Waals surface area contributed by atoms with Gasteiger partial charge in [0, 0.05) is 16.6 Å². The lowest BCUT2D eigenvalue weighted by molar-refractivity contribution is -0.121. The van der Waals surface area contributed by atoms with Crippen LogP contribution < -0.4 is 10.1 Å². The molecule has 0 saturated heterocycles. The Balaban J connectivity index is 1.69. The molecule has 1 fully saturated rings. The first kappa shape index (κ1) is 15.0. The number of methoxy groups -OCH3 is 1. The van der Waals surface area contributed by atoms with Gasteiger partial charge >= 0.3 is 0 Å². The van der Waals surface area contributed by atoms with Gasteiger partial charge in [0.25, 0.3) is 0 Å². The zero-order valence-corrected chi connectivity index (χ0v) is 13.7. The summed E-state index contributed by atoms with van der Waals surface area (Å²) in [6, 6.07) is 7.70. The van der Waals surface area contributed by atoms with Gasteiger partial charge in [0.1, 0.15) is 10.8 Å². The number of nitrogens with zero attached hydrogens (tertiary/aromatic N) is 1. The Labute approximate surface area is 134 Å². The molecule has 0 aliphatic heterocycles. The molecule has 0 unspecified atom stereocenters. The maximum Gasteiger partial charge on any atom is 0.225 e. The fourth-order valence-electron chi connectivity index (χ4n) is 2.57. The molecule has 3 rings (SSSR count). The summed E-state index contributed by atoms with van der Waals surface area (Å²) in [6.07, 6.45) is 2.66. The molecule has 1 heterocycles. The second-order valence-electron chi connectivity index (χ2n) is 5.70. The fraction of sp³-hybridized carbons (Fsp3) is 0.412. The zero-order valence-electron chi connectivity index (χ0n) is 12.8. The fourth-order valence-corrected chi connectivity index (χ4v) is 3.51. The van der Waals surface area contributed by atoms with Crippen molar-refractivity contribution in [2.75, 3.05) is 7.11 Å². The number of aryl methyl sites for hydroxylation is 1. The predicted octanol–water partition coefficient (Wildman–Crippen LogP) is 3.27. The van der Waals surface area contributed by atoms with Crippen LogP contribution in [0.5, 0.6) is 5.75 Å². The van der Waals surface area contributed by atoms with Crippen LogP contribution in [0, 0.1) is 12.8 Å². The molecule has 0 radical (unpaired) electrons. The first-order valence-electron chi connectivity index (χ1n) is 7.50. The van der Waals surface area contributed by atoms with E-state index in [0.717, 1.165) is 34.9 Å². The van der Waals surface area contributed by atoms with E-state index in [4.69, 9.17) is 4.74 Å². The van der Waals surface area contributed by atoms with E-state index in [2.05, 4.69) is 10.3 Å². The SMILES string of the molecule is COc1ccccc1CC(=O)N[C@@H](c1nc(C)cs1)C1CC1. The van der Waals surface area contributed by atoms with Gasteiger partial charge in [0.05, 0.1) is 19.6 Å². The molecule has 1 aliphatic carbocycles. The van der Waals surface area contributed by atoms with E-state index < -0.39 is 0 Å². The highest BCUT2D eigenvalue weighted by Gasteiger charge is 2.35. The summed E-state index contributed by atoms with van der Waals surface area (Å²) in [7, 11) is 1.63. The monoisotopic (exact) mass is 316 g/mol. The third-order valence-corrected chi connectivity index (χ3v) is 4.90. The minimum Gasteiger partial charge on any atom is -0.496 e. The van der Waals surface area contributed by atoms with Crippen molar-refractivity contribution in [2.45, 2.75) is 32.2 Å². The molecule has 0 bridgehead atoms. The molecular weight excluding hydrogens is 296 g/mol. The highest BCUT2D eigenvalue weighted by atomic mass is 32.1. The third kappa shape index (κ3) is 3.47. The maximum atomic E-state index is 12.4. The molecule has 1 amide bonds. The summed E-state index contributed by atoms with van der Waals surface area (Å²) in [5.74, 6) is 1.31. The number of hydrogen-bond acceptors (Lipinski definition) is 4. The molecule has 4 nitrogen and oxygen atoms in total. The van der Waals surface area contributed by atoms with Crippen LogP contribution in [0.25, 0.3) is 0 Å². The second-order valence-corrected chi connectivity index (χ2v) is 6.59. The topological polar surface area (TPSA) is 51.2 Å². The number of amides is 1. The second kappa shape index (κ2) is 6.48. The number of thiazole rings is 1. The lowest BCUT2D eigenvalue weighted by atomic mass is 10.1. The summed E-state index contributed by atoms with van der Waals surface area (Å²) in [5, 5.41) is 6.22. The highest BCUT2D eigenvalue weighted by Crippen LogP contribution is 2.41. The van der Waals surface area contributed by atoms with Gasteiger partial charge in [-0.3, -0.25) is 4.79 Å². The van der Waals surface area contributed by atoms with Crippen LogP contribution in [0.4, 0.5) is 0 Å². The number of para-hydroxylation sites is 1. The molecular formula is C17H20N2O2S. The van der Waals surface area contributed by atoms with Gasteiger partial charge in [0.2, 0.25) is 5.91 Å². The molecule has 1 aliphatic rings. The normalized spacial score (nSPS) is 15.4. The average Bonchev–Trinajstić information content (AvgIpc) is 3.27. The Kier molecular flexibility index (Phi) is 4.43. The number of hydrogen-bond donors (Lipinski definition) is 1. The van der Waals surface area contributed by atoms with E-state index in [-0.39, 0.29) is 11.9 Å². The molecule has 116 valence electrons. The molecule has 1 N–H and O–H groups in total. The van der Waals surface area contributed by atoms with Crippen molar-refractivity contribution in [1.82, 2.24) is 10.3 Å². The van der Waals surface area contributed by atoms with Crippen molar-refractivity contribution in [3.63, 3.8) is 0 Å². The van der Waals surface area contributed by atoms with Gasteiger partial charge in [-0.25, -0.2) is 4.98 Å². The Bertz CT molecular complexity index is 664. The van der Waals surface area contributed by atoms with Gasteiger partial charge in [-0.15, -0.1) is 11.3 Å². The number of rotatable bonds is 6. The Morgan fingerprint density at radius 1 is 1.45 bits per heavy atom. The standard InChI is InChI=1S/C17H20N2O2S/c1-11-10-22-17(18-11)16(12-7-8-12)19-15(20)9-13-5-3-4-6-14(13)21-2/h3-6,10,12,16H,7-9H2,1-2H3,(H,19,20)/t16-/m1/s1. The van der Waals surface area contributed by atoms with Crippen molar-refractivity contribution in [2.24, 2.45) is 5.92 Å². The first-order valence-corrected chi connectivity index (χ1v) is 8.38. The van der Waals surface area contributed by atoms with Gasteiger partial charge in [0.15, 0.2) is 0 Å². The lowest BCUT2D eigenvalue weighted by Gasteiger charge is -2.16. The highest BCUT2D eigenvalue weighted by molar-refractivity contribution is 7.09. The van der Waals surface area contributed by atoms with Crippen LogP contribution >= 0.6 is 11.3 Å². The minimum absolute atomic E-state index is 0.0225. The smallest absolute Gasteiger partial charge is 0.225 e.